The molecular weight excluding hydrogens is 340 g/mol. The molecule has 0 spiro atoms. The molecule has 3 rings (SSSR count). The first-order valence-corrected chi connectivity index (χ1v) is 9.73. The van der Waals surface area contributed by atoms with Crippen molar-refractivity contribution < 1.29 is 4.79 Å². The molecule has 1 amide bonds. The molecule has 0 saturated carbocycles. The third-order valence-electron chi connectivity index (χ3n) is 4.24. The minimum Gasteiger partial charge on any atom is -0.309 e. The average Bonchev–Trinajstić information content (AvgIpc) is 3.18. The van der Waals surface area contributed by atoms with E-state index in [1.54, 1.807) is 11.3 Å². The van der Waals surface area contributed by atoms with E-state index >= 15 is 0 Å². The van der Waals surface area contributed by atoms with Gasteiger partial charge in [-0.2, -0.15) is 0 Å². The van der Waals surface area contributed by atoms with Gasteiger partial charge in [-0.1, -0.05) is 54.6 Å². The SMILES string of the molecule is CC(C)N(C(=O)CN[C@H](c1ccccc1)c1cccs1)c1ccccc1. The summed E-state index contributed by atoms with van der Waals surface area (Å²) in [6, 6.07) is 24.4. The van der Waals surface area contributed by atoms with E-state index in [0.29, 0.717) is 0 Å². The smallest absolute Gasteiger partial charge is 0.241 e. The van der Waals surface area contributed by atoms with Crippen LogP contribution in [0.3, 0.4) is 0 Å². The molecule has 0 saturated heterocycles. The van der Waals surface area contributed by atoms with E-state index < -0.39 is 0 Å². The van der Waals surface area contributed by atoms with E-state index in [1.807, 2.05) is 73.3 Å². The summed E-state index contributed by atoms with van der Waals surface area (Å²) in [6.07, 6.45) is 0. The Morgan fingerprint density at radius 1 is 0.962 bits per heavy atom. The van der Waals surface area contributed by atoms with Crippen molar-refractivity contribution in [3.8, 4) is 0 Å². The van der Waals surface area contributed by atoms with Gasteiger partial charge in [-0.3, -0.25) is 10.1 Å². The van der Waals surface area contributed by atoms with Crippen LogP contribution in [-0.2, 0) is 4.79 Å². The first kappa shape index (κ1) is 18.4. The second-order valence-corrected chi connectivity index (χ2v) is 7.41. The Morgan fingerprint density at radius 3 is 2.19 bits per heavy atom. The number of rotatable bonds is 7. The maximum Gasteiger partial charge on any atom is 0.241 e. The normalized spacial score (nSPS) is 12.1. The number of hydrogen-bond acceptors (Lipinski definition) is 3. The first-order chi connectivity index (χ1) is 12.7. The highest BCUT2D eigenvalue weighted by molar-refractivity contribution is 7.10. The standard InChI is InChI=1S/C22H24N2OS/c1-17(2)24(19-12-7-4-8-13-19)21(25)16-23-22(20-14-9-15-26-20)18-10-5-3-6-11-18/h3-15,17,22-23H,16H2,1-2H3/t22-/m1/s1. The molecule has 1 N–H and O–H groups in total. The molecule has 0 radical (unpaired) electrons. The molecule has 3 nitrogen and oxygen atoms in total. The van der Waals surface area contributed by atoms with Crippen LogP contribution in [-0.4, -0.2) is 18.5 Å². The predicted octanol–water partition coefficient (Wildman–Crippen LogP) is 4.87. The van der Waals surface area contributed by atoms with Crippen molar-refractivity contribution >= 4 is 22.9 Å². The van der Waals surface area contributed by atoms with Crippen LogP contribution in [0.15, 0.2) is 78.2 Å². The van der Waals surface area contributed by atoms with Crippen LogP contribution in [0.25, 0.3) is 0 Å². The minimum atomic E-state index is 0.0185. The van der Waals surface area contributed by atoms with E-state index in [-0.39, 0.29) is 24.5 Å². The molecule has 0 aliphatic heterocycles. The maximum atomic E-state index is 13.0. The van der Waals surface area contributed by atoms with Crippen molar-refractivity contribution in [1.29, 1.82) is 0 Å². The summed E-state index contributed by atoms with van der Waals surface area (Å²) in [5, 5.41) is 5.53. The number of nitrogens with zero attached hydrogens (tertiary/aromatic N) is 1. The van der Waals surface area contributed by atoms with Gasteiger partial charge in [0.05, 0.1) is 12.6 Å². The van der Waals surface area contributed by atoms with Gasteiger partial charge in [0, 0.05) is 16.6 Å². The average molecular weight is 365 g/mol. The summed E-state index contributed by atoms with van der Waals surface area (Å²) < 4.78 is 0. The zero-order valence-electron chi connectivity index (χ0n) is 15.1. The molecule has 2 aromatic carbocycles. The van der Waals surface area contributed by atoms with Gasteiger partial charge in [-0.05, 0) is 43.0 Å². The quantitative estimate of drug-likeness (QED) is 0.649. The summed E-state index contributed by atoms with van der Waals surface area (Å²) in [6.45, 7) is 4.36. The van der Waals surface area contributed by atoms with Gasteiger partial charge in [-0.15, -0.1) is 11.3 Å². The number of para-hydroxylation sites is 1. The molecule has 0 aliphatic rings. The number of benzene rings is 2. The second kappa shape index (κ2) is 8.79. The monoisotopic (exact) mass is 364 g/mol. The zero-order valence-corrected chi connectivity index (χ0v) is 15.9. The zero-order chi connectivity index (χ0) is 18.4. The van der Waals surface area contributed by atoms with Crippen LogP contribution < -0.4 is 10.2 Å². The third kappa shape index (κ3) is 4.40. The fourth-order valence-corrected chi connectivity index (χ4v) is 3.90. The summed E-state index contributed by atoms with van der Waals surface area (Å²) in [4.78, 5) is 16.0. The van der Waals surface area contributed by atoms with Crippen molar-refractivity contribution in [2.45, 2.75) is 25.9 Å². The number of anilines is 1. The summed E-state index contributed by atoms with van der Waals surface area (Å²) in [7, 11) is 0. The Kier molecular flexibility index (Phi) is 6.21. The van der Waals surface area contributed by atoms with Gasteiger partial charge >= 0.3 is 0 Å². The summed E-state index contributed by atoms with van der Waals surface area (Å²) in [5.74, 6) is 0.0729. The fraction of sp³-hybridized carbons (Fsp3) is 0.227. The molecule has 1 heterocycles. The molecule has 4 heteroatoms. The van der Waals surface area contributed by atoms with E-state index in [0.717, 1.165) is 5.69 Å². The predicted molar refractivity (Wildman–Crippen MR) is 110 cm³/mol. The van der Waals surface area contributed by atoms with Gasteiger partial charge in [0.25, 0.3) is 0 Å². The molecule has 0 bridgehead atoms. The van der Waals surface area contributed by atoms with E-state index in [9.17, 15) is 4.79 Å². The number of hydrogen-bond donors (Lipinski definition) is 1. The lowest BCUT2D eigenvalue weighted by Gasteiger charge is -2.28. The van der Waals surface area contributed by atoms with Crippen LogP contribution in [0.4, 0.5) is 5.69 Å². The van der Waals surface area contributed by atoms with Crippen LogP contribution in [0.1, 0.15) is 30.3 Å². The van der Waals surface area contributed by atoms with Crippen molar-refractivity contribution in [2.75, 3.05) is 11.4 Å². The molecule has 3 aromatic rings. The van der Waals surface area contributed by atoms with Crippen LogP contribution in [0.5, 0.6) is 0 Å². The molecule has 1 aromatic heterocycles. The topological polar surface area (TPSA) is 32.3 Å². The highest BCUT2D eigenvalue weighted by Gasteiger charge is 2.21. The van der Waals surface area contributed by atoms with Crippen molar-refractivity contribution in [2.24, 2.45) is 0 Å². The minimum absolute atomic E-state index is 0.0185. The molecule has 1 atom stereocenters. The lowest BCUT2D eigenvalue weighted by molar-refractivity contribution is -0.118. The molecule has 134 valence electrons. The first-order valence-electron chi connectivity index (χ1n) is 8.85. The van der Waals surface area contributed by atoms with Gasteiger partial charge in [0.1, 0.15) is 0 Å². The van der Waals surface area contributed by atoms with Gasteiger partial charge < -0.3 is 4.90 Å². The molecule has 26 heavy (non-hydrogen) atoms. The second-order valence-electron chi connectivity index (χ2n) is 6.43. The molecule has 0 aliphatic carbocycles. The highest BCUT2D eigenvalue weighted by atomic mass is 32.1. The Bertz CT molecular complexity index is 801. The van der Waals surface area contributed by atoms with Crippen molar-refractivity contribution in [3.05, 3.63) is 88.6 Å². The lowest BCUT2D eigenvalue weighted by Crippen LogP contribution is -2.43. The van der Waals surface area contributed by atoms with Crippen LogP contribution in [0.2, 0.25) is 0 Å². The Hall–Kier alpha value is -2.43. The van der Waals surface area contributed by atoms with E-state index in [2.05, 4.69) is 28.9 Å². The number of thiophene rings is 1. The number of carbonyl (C=O) groups is 1. The Morgan fingerprint density at radius 2 is 1.62 bits per heavy atom. The number of nitrogens with one attached hydrogen (secondary N) is 1. The molecule has 0 unspecified atom stereocenters. The highest BCUT2D eigenvalue weighted by Crippen LogP contribution is 2.26. The fourth-order valence-electron chi connectivity index (χ4n) is 3.08. The Balaban J connectivity index is 1.77. The lowest BCUT2D eigenvalue weighted by atomic mass is 10.1. The Labute approximate surface area is 159 Å². The van der Waals surface area contributed by atoms with Crippen molar-refractivity contribution in [1.82, 2.24) is 5.32 Å². The third-order valence-corrected chi connectivity index (χ3v) is 5.17. The van der Waals surface area contributed by atoms with Gasteiger partial charge in [0.15, 0.2) is 0 Å². The van der Waals surface area contributed by atoms with Gasteiger partial charge in [0.2, 0.25) is 5.91 Å². The van der Waals surface area contributed by atoms with Crippen LogP contribution in [0, 0.1) is 0 Å². The molecular formula is C22H24N2OS. The number of carbonyl (C=O) groups excluding carboxylic acids is 1. The summed E-state index contributed by atoms with van der Waals surface area (Å²) >= 11 is 1.70. The van der Waals surface area contributed by atoms with Crippen molar-refractivity contribution in [3.63, 3.8) is 0 Å². The number of amides is 1. The van der Waals surface area contributed by atoms with Crippen LogP contribution >= 0.6 is 11.3 Å². The largest absolute Gasteiger partial charge is 0.309 e. The van der Waals surface area contributed by atoms with E-state index in [4.69, 9.17) is 0 Å². The van der Waals surface area contributed by atoms with E-state index in [1.165, 1.54) is 10.4 Å². The summed E-state index contributed by atoms with van der Waals surface area (Å²) in [5.41, 5.74) is 2.10. The van der Waals surface area contributed by atoms with Gasteiger partial charge in [-0.25, -0.2) is 0 Å². The maximum absolute atomic E-state index is 13.0. The molecule has 0 fully saturated rings.